The van der Waals surface area contributed by atoms with Gasteiger partial charge in [0.1, 0.15) is 6.10 Å². The molecule has 0 spiro atoms. The third-order valence-corrected chi connectivity index (χ3v) is 2.82. The maximum absolute atomic E-state index is 11.6. The molecule has 0 saturated heterocycles. The molecule has 0 aliphatic rings. The molecule has 1 aromatic rings. The fourth-order valence-corrected chi connectivity index (χ4v) is 1.65. The average molecular weight is 253 g/mol. The third-order valence-electron chi connectivity index (χ3n) is 2.82. The second kappa shape index (κ2) is 5.14. The van der Waals surface area contributed by atoms with Crippen LogP contribution in [-0.4, -0.2) is 23.1 Å². The number of hydrogen-bond acceptors (Lipinski definition) is 5. The van der Waals surface area contributed by atoms with Crippen molar-refractivity contribution in [3.05, 3.63) is 39.9 Å². The number of nitro benzene ring substituents is 1. The van der Waals surface area contributed by atoms with Gasteiger partial charge >= 0.3 is 5.97 Å². The van der Waals surface area contributed by atoms with Gasteiger partial charge in [-0.15, -0.1) is 0 Å². The van der Waals surface area contributed by atoms with Gasteiger partial charge in [-0.25, -0.2) is 0 Å². The Bertz CT molecular complexity index is 469. The van der Waals surface area contributed by atoms with E-state index in [1.54, 1.807) is 6.07 Å². The zero-order valence-corrected chi connectivity index (χ0v) is 10.4. The van der Waals surface area contributed by atoms with Crippen molar-refractivity contribution in [2.45, 2.75) is 20.0 Å². The molecule has 0 aliphatic carbocycles. The highest BCUT2D eigenvalue weighted by atomic mass is 16.6. The molecule has 0 aromatic heterocycles. The Morgan fingerprint density at radius 2 is 2.00 bits per heavy atom. The molecule has 6 heteroatoms. The summed E-state index contributed by atoms with van der Waals surface area (Å²) in [7, 11) is 1.20. The molecule has 1 atom stereocenters. The first kappa shape index (κ1) is 14.1. The first-order chi connectivity index (χ1) is 8.32. The van der Waals surface area contributed by atoms with Crippen LogP contribution >= 0.6 is 0 Å². The van der Waals surface area contributed by atoms with Crippen LogP contribution in [0.2, 0.25) is 0 Å². The summed E-state index contributed by atoms with van der Waals surface area (Å²) in [5.41, 5.74) is -1.39. The maximum Gasteiger partial charge on any atom is 0.314 e. The normalized spacial score (nSPS) is 12.9. The molecular weight excluding hydrogens is 238 g/mol. The van der Waals surface area contributed by atoms with Crippen LogP contribution in [0.1, 0.15) is 25.5 Å². The lowest BCUT2D eigenvalue weighted by atomic mass is 9.82. The molecule has 0 bridgehead atoms. The molecule has 6 nitrogen and oxygen atoms in total. The minimum atomic E-state index is -1.31. The molecule has 18 heavy (non-hydrogen) atoms. The van der Waals surface area contributed by atoms with Crippen LogP contribution in [0, 0.1) is 15.5 Å². The minimum absolute atomic E-state index is 0.0953. The van der Waals surface area contributed by atoms with Gasteiger partial charge in [0.15, 0.2) is 0 Å². The average Bonchev–Trinajstić information content (AvgIpc) is 2.36. The molecule has 1 unspecified atom stereocenters. The van der Waals surface area contributed by atoms with Crippen molar-refractivity contribution in [3.63, 3.8) is 0 Å². The molecule has 1 rings (SSSR count). The number of hydrogen-bond donors (Lipinski definition) is 1. The van der Waals surface area contributed by atoms with Gasteiger partial charge in [-0.2, -0.15) is 0 Å². The van der Waals surface area contributed by atoms with E-state index >= 15 is 0 Å². The summed E-state index contributed by atoms with van der Waals surface area (Å²) in [6, 6.07) is 5.78. The highest BCUT2D eigenvalue weighted by Crippen LogP contribution is 2.38. The Morgan fingerprint density at radius 1 is 1.44 bits per heavy atom. The van der Waals surface area contributed by atoms with E-state index in [2.05, 4.69) is 4.74 Å². The fourth-order valence-electron chi connectivity index (χ4n) is 1.65. The number of nitrogens with zero attached hydrogens (tertiary/aromatic N) is 1. The van der Waals surface area contributed by atoms with E-state index in [1.165, 1.54) is 39.2 Å². The van der Waals surface area contributed by atoms with Crippen molar-refractivity contribution < 1.29 is 19.6 Å². The van der Waals surface area contributed by atoms with E-state index in [4.69, 9.17) is 0 Å². The second-order valence-corrected chi connectivity index (χ2v) is 4.43. The maximum atomic E-state index is 11.6. The Balaban J connectivity index is 3.22. The highest BCUT2D eigenvalue weighted by molar-refractivity contribution is 5.77. The fraction of sp³-hybridized carbons (Fsp3) is 0.417. The van der Waals surface area contributed by atoms with E-state index in [9.17, 15) is 20.0 Å². The van der Waals surface area contributed by atoms with Gasteiger partial charge in [0, 0.05) is 6.07 Å². The number of para-hydroxylation sites is 1. The summed E-state index contributed by atoms with van der Waals surface area (Å²) < 4.78 is 4.59. The van der Waals surface area contributed by atoms with Crippen molar-refractivity contribution in [1.29, 1.82) is 0 Å². The Labute approximate surface area is 104 Å². The van der Waals surface area contributed by atoms with Gasteiger partial charge in [-0.05, 0) is 19.9 Å². The van der Waals surface area contributed by atoms with Gasteiger partial charge in [0.25, 0.3) is 5.69 Å². The summed E-state index contributed by atoms with van der Waals surface area (Å²) in [5.74, 6) is -0.631. The molecule has 0 heterocycles. The molecule has 0 fully saturated rings. The van der Waals surface area contributed by atoms with Crippen LogP contribution < -0.4 is 0 Å². The quantitative estimate of drug-likeness (QED) is 0.502. The molecule has 0 aliphatic heterocycles. The zero-order chi connectivity index (χ0) is 13.9. The number of methoxy groups -OCH3 is 1. The number of nitro groups is 1. The standard InChI is InChI=1S/C12H15NO5/c1-12(2,11(15)18-3)10(14)8-6-4-5-7-9(8)13(16)17/h4-7,10,14H,1-3H3. The predicted octanol–water partition coefficient (Wildman–Crippen LogP) is 1.83. The van der Waals surface area contributed by atoms with Gasteiger partial charge in [-0.1, -0.05) is 12.1 Å². The summed E-state index contributed by atoms with van der Waals surface area (Å²) >= 11 is 0. The van der Waals surface area contributed by atoms with Crippen molar-refractivity contribution in [2.24, 2.45) is 5.41 Å². The molecule has 0 saturated carbocycles. The van der Waals surface area contributed by atoms with Crippen molar-refractivity contribution >= 4 is 11.7 Å². The largest absolute Gasteiger partial charge is 0.469 e. The number of aliphatic hydroxyl groups excluding tert-OH is 1. The molecule has 98 valence electrons. The Hall–Kier alpha value is -1.95. The van der Waals surface area contributed by atoms with E-state index < -0.39 is 22.4 Å². The van der Waals surface area contributed by atoms with Gasteiger partial charge in [0.05, 0.1) is 23.0 Å². The summed E-state index contributed by atoms with van der Waals surface area (Å²) in [5, 5.41) is 21.0. The number of aliphatic hydroxyl groups is 1. The topological polar surface area (TPSA) is 89.7 Å². The molecular formula is C12H15NO5. The number of ether oxygens (including phenoxy) is 1. The first-order valence-electron chi connectivity index (χ1n) is 5.32. The van der Waals surface area contributed by atoms with Crippen LogP contribution in [0.5, 0.6) is 0 Å². The van der Waals surface area contributed by atoms with Crippen LogP contribution in [0.4, 0.5) is 5.69 Å². The van der Waals surface area contributed by atoms with Crippen molar-refractivity contribution in [3.8, 4) is 0 Å². The van der Waals surface area contributed by atoms with E-state index in [0.29, 0.717) is 0 Å². The Morgan fingerprint density at radius 3 is 2.50 bits per heavy atom. The monoisotopic (exact) mass is 253 g/mol. The zero-order valence-electron chi connectivity index (χ0n) is 10.4. The summed E-state index contributed by atoms with van der Waals surface area (Å²) in [4.78, 5) is 21.9. The van der Waals surface area contributed by atoms with E-state index in [0.717, 1.165) is 0 Å². The van der Waals surface area contributed by atoms with Crippen molar-refractivity contribution in [1.82, 2.24) is 0 Å². The van der Waals surface area contributed by atoms with Crippen LogP contribution in [-0.2, 0) is 9.53 Å². The smallest absolute Gasteiger partial charge is 0.314 e. The minimum Gasteiger partial charge on any atom is -0.469 e. The number of esters is 1. The Kier molecular flexibility index (Phi) is 4.03. The predicted molar refractivity (Wildman–Crippen MR) is 63.9 cm³/mol. The van der Waals surface area contributed by atoms with Crippen LogP contribution in [0.15, 0.2) is 24.3 Å². The van der Waals surface area contributed by atoms with Gasteiger partial charge < -0.3 is 9.84 Å². The van der Waals surface area contributed by atoms with Gasteiger partial charge in [-0.3, -0.25) is 14.9 Å². The number of rotatable bonds is 4. The van der Waals surface area contributed by atoms with E-state index in [1.807, 2.05) is 0 Å². The SMILES string of the molecule is COC(=O)C(C)(C)C(O)c1ccccc1[N+](=O)[O-]. The lowest BCUT2D eigenvalue weighted by Crippen LogP contribution is -2.32. The van der Waals surface area contributed by atoms with Gasteiger partial charge in [0.2, 0.25) is 0 Å². The molecule has 0 radical (unpaired) electrons. The summed E-state index contributed by atoms with van der Waals surface area (Å²) in [6.07, 6.45) is -1.31. The molecule has 1 N–H and O–H groups in total. The highest BCUT2D eigenvalue weighted by Gasteiger charge is 2.40. The lowest BCUT2D eigenvalue weighted by Gasteiger charge is -2.27. The molecule has 0 amide bonds. The first-order valence-corrected chi connectivity index (χ1v) is 5.32. The second-order valence-electron chi connectivity index (χ2n) is 4.43. The number of benzene rings is 1. The van der Waals surface area contributed by atoms with Crippen LogP contribution in [0.25, 0.3) is 0 Å². The summed E-state index contributed by atoms with van der Waals surface area (Å²) in [6.45, 7) is 2.94. The number of carbonyl (C=O) groups is 1. The number of carbonyl (C=O) groups excluding carboxylic acids is 1. The lowest BCUT2D eigenvalue weighted by molar-refractivity contribution is -0.386. The third kappa shape index (κ3) is 2.48. The van der Waals surface area contributed by atoms with Crippen molar-refractivity contribution in [2.75, 3.05) is 7.11 Å². The molecule has 1 aromatic carbocycles. The van der Waals surface area contributed by atoms with Crippen LogP contribution in [0.3, 0.4) is 0 Å². The van der Waals surface area contributed by atoms with E-state index in [-0.39, 0.29) is 11.3 Å².